The van der Waals surface area contributed by atoms with Gasteiger partial charge in [-0.1, -0.05) is 0 Å². The molecule has 6 nitrogen and oxygen atoms in total. The molecule has 1 aromatic heterocycles. The van der Waals surface area contributed by atoms with Crippen LogP contribution in [-0.2, 0) is 16.4 Å². The lowest BCUT2D eigenvalue weighted by molar-refractivity contribution is 0.0957. The minimum absolute atomic E-state index is 0.000153. The molecule has 1 saturated heterocycles. The van der Waals surface area contributed by atoms with E-state index in [1.807, 2.05) is 19.9 Å². The minimum Gasteiger partial charge on any atom is -0.294 e. The van der Waals surface area contributed by atoms with E-state index in [0.29, 0.717) is 18.0 Å². The van der Waals surface area contributed by atoms with Gasteiger partial charge in [-0.05, 0) is 25.5 Å². The molecule has 0 bridgehead atoms. The lowest BCUT2D eigenvalue weighted by atomic mass is 10.2. The zero-order chi connectivity index (χ0) is 14.9. The zero-order valence-electron chi connectivity index (χ0n) is 11.5. The van der Waals surface area contributed by atoms with Crippen molar-refractivity contribution in [3.8, 4) is 0 Å². The van der Waals surface area contributed by atoms with Crippen molar-refractivity contribution in [2.75, 3.05) is 18.1 Å². The molecule has 2 heterocycles. The van der Waals surface area contributed by atoms with Crippen LogP contribution in [-0.4, -0.2) is 43.3 Å². The number of aryl methyl sites for hydroxylation is 1. The summed E-state index contributed by atoms with van der Waals surface area (Å²) in [7, 11) is -2.90. The topological polar surface area (TPSA) is 92.5 Å². The number of sulfone groups is 1. The Kier molecular flexibility index (Phi) is 4.48. The number of thiophene rings is 1. The van der Waals surface area contributed by atoms with Crippen LogP contribution in [0.25, 0.3) is 0 Å². The summed E-state index contributed by atoms with van der Waals surface area (Å²) < 4.78 is 23.1. The van der Waals surface area contributed by atoms with E-state index in [0.717, 1.165) is 10.4 Å². The van der Waals surface area contributed by atoms with Gasteiger partial charge in [0.05, 0.1) is 16.4 Å². The second kappa shape index (κ2) is 5.80. The second-order valence-corrected chi connectivity index (χ2v) is 8.58. The van der Waals surface area contributed by atoms with Gasteiger partial charge in [-0.15, -0.1) is 11.3 Å². The first-order valence-corrected chi connectivity index (χ1v) is 9.01. The molecule has 1 aliphatic rings. The molecule has 0 aliphatic carbocycles. The van der Waals surface area contributed by atoms with E-state index >= 15 is 0 Å². The average Bonchev–Trinajstić information content (AvgIpc) is 2.73. The maximum absolute atomic E-state index is 11.6. The summed E-state index contributed by atoms with van der Waals surface area (Å²) in [5, 5.41) is 0. The van der Waals surface area contributed by atoms with E-state index in [4.69, 9.17) is 5.84 Å². The lowest BCUT2D eigenvalue weighted by Gasteiger charge is -2.33. The minimum atomic E-state index is -2.90. The predicted molar refractivity (Wildman–Crippen MR) is 79.2 cm³/mol. The van der Waals surface area contributed by atoms with Gasteiger partial charge >= 0.3 is 0 Å². The van der Waals surface area contributed by atoms with Gasteiger partial charge in [-0.2, -0.15) is 0 Å². The largest absolute Gasteiger partial charge is 0.294 e. The number of amides is 1. The molecular weight excluding hydrogens is 298 g/mol. The van der Waals surface area contributed by atoms with Gasteiger partial charge in [0.1, 0.15) is 0 Å². The van der Waals surface area contributed by atoms with E-state index in [9.17, 15) is 13.2 Å². The average molecular weight is 317 g/mol. The summed E-state index contributed by atoms with van der Waals surface area (Å²) in [6.07, 6.45) is 0. The van der Waals surface area contributed by atoms with Crippen molar-refractivity contribution in [2.45, 2.75) is 26.4 Å². The standard InChI is InChI=1S/C12H19N3O3S2/c1-8-7-20(17,18)4-3-15(8)6-10-5-11(12(16)14-13)19-9(10)2/h5,8H,3-4,6-7,13H2,1-2H3,(H,14,16). The van der Waals surface area contributed by atoms with Crippen molar-refractivity contribution in [1.82, 2.24) is 10.3 Å². The monoisotopic (exact) mass is 317 g/mol. The molecule has 1 amide bonds. The van der Waals surface area contributed by atoms with E-state index in [1.165, 1.54) is 11.3 Å². The molecule has 0 aromatic carbocycles. The highest BCUT2D eigenvalue weighted by molar-refractivity contribution is 7.91. The van der Waals surface area contributed by atoms with Gasteiger partial charge in [-0.3, -0.25) is 15.1 Å². The molecule has 1 aliphatic heterocycles. The van der Waals surface area contributed by atoms with Crippen LogP contribution >= 0.6 is 11.3 Å². The highest BCUT2D eigenvalue weighted by Gasteiger charge is 2.28. The maximum Gasteiger partial charge on any atom is 0.275 e. The first-order chi connectivity index (χ1) is 9.32. The number of carbonyl (C=O) groups is 1. The Morgan fingerprint density at radius 2 is 2.30 bits per heavy atom. The molecular formula is C12H19N3O3S2. The van der Waals surface area contributed by atoms with Crippen LogP contribution in [0.2, 0.25) is 0 Å². The fourth-order valence-electron chi connectivity index (χ4n) is 2.35. The van der Waals surface area contributed by atoms with Gasteiger partial charge < -0.3 is 0 Å². The molecule has 8 heteroatoms. The summed E-state index contributed by atoms with van der Waals surface area (Å²) >= 11 is 1.40. The molecule has 20 heavy (non-hydrogen) atoms. The zero-order valence-corrected chi connectivity index (χ0v) is 13.2. The maximum atomic E-state index is 11.6. The molecule has 1 fully saturated rings. The van der Waals surface area contributed by atoms with E-state index in [1.54, 1.807) is 0 Å². The molecule has 1 aromatic rings. The van der Waals surface area contributed by atoms with Crippen molar-refractivity contribution < 1.29 is 13.2 Å². The summed E-state index contributed by atoms with van der Waals surface area (Å²) in [4.78, 5) is 15.3. The fourth-order valence-corrected chi connectivity index (χ4v) is 4.91. The summed E-state index contributed by atoms with van der Waals surface area (Å²) in [5.41, 5.74) is 3.18. The summed E-state index contributed by atoms with van der Waals surface area (Å²) in [6, 6.07) is 1.83. The van der Waals surface area contributed by atoms with Crippen LogP contribution in [0, 0.1) is 6.92 Å². The van der Waals surface area contributed by atoms with Crippen LogP contribution in [0.5, 0.6) is 0 Å². The number of rotatable bonds is 3. The number of hydrogen-bond donors (Lipinski definition) is 2. The molecule has 2 rings (SSSR count). The normalized spacial score (nSPS) is 22.6. The first-order valence-electron chi connectivity index (χ1n) is 6.37. The number of nitrogens with one attached hydrogen (secondary N) is 1. The SMILES string of the molecule is Cc1sc(C(=O)NN)cc1CN1CCS(=O)(=O)CC1C. The number of hydrazine groups is 1. The molecule has 1 unspecified atom stereocenters. The van der Waals surface area contributed by atoms with Gasteiger partial charge in [0.15, 0.2) is 9.84 Å². The van der Waals surface area contributed by atoms with Gasteiger partial charge in [-0.25, -0.2) is 14.3 Å². The molecule has 3 N–H and O–H groups in total. The third-order valence-corrected chi connectivity index (χ3v) is 6.44. The van der Waals surface area contributed by atoms with Crippen molar-refractivity contribution in [3.63, 3.8) is 0 Å². The second-order valence-electron chi connectivity index (χ2n) is 5.10. The Balaban J connectivity index is 2.11. The highest BCUT2D eigenvalue weighted by Crippen LogP contribution is 2.24. The quantitative estimate of drug-likeness (QED) is 0.474. The molecule has 0 saturated carbocycles. The summed E-state index contributed by atoms with van der Waals surface area (Å²) in [6.45, 7) is 5.08. The number of hydrogen-bond acceptors (Lipinski definition) is 6. The molecule has 1 atom stereocenters. The third-order valence-electron chi connectivity index (χ3n) is 3.56. The van der Waals surface area contributed by atoms with E-state index in [-0.39, 0.29) is 23.5 Å². The van der Waals surface area contributed by atoms with Gasteiger partial charge in [0.2, 0.25) is 0 Å². The Morgan fingerprint density at radius 1 is 1.60 bits per heavy atom. The van der Waals surface area contributed by atoms with Crippen LogP contribution in [0.15, 0.2) is 6.07 Å². The summed E-state index contributed by atoms with van der Waals surface area (Å²) in [5.74, 6) is 5.24. The van der Waals surface area contributed by atoms with Crippen LogP contribution in [0.3, 0.4) is 0 Å². The molecule has 0 radical (unpaired) electrons. The number of nitrogen functional groups attached to an aromatic ring is 1. The van der Waals surface area contributed by atoms with E-state index in [2.05, 4.69) is 10.3 Å². The van der Waals surface area contributed by atoms with Gasteiger partial charge in [0, 0.05) is 24.0 Å². The number of carbonyl (C=O) groups excluding carboxylic acids is 1. The Hall–Kier alpha value is -0.960. The van der Waals surface area contributed by atoms with Crippen LogP contribution < -0.4 is 11.3 Å². The Labute approximate surface area is 122 Å². The highest BCUT2D eigenvalue weighted by atomic mass is 32.2. The Bertz CT molecular complexity index is 609. The van der Waals surface area contributed by atoms with Crippen molar-refractivity contribution in [1.29, 1.82) is 0 Å². The van der Waals surface area contributed by atoms with E-state index < -0.39 is 9.84 Å². The number of nitrogens with zero attached hydrogens (tertiary/aromatic N) is 1. The predicted octanol–water partition coefficient (Wildman–Crippen LogP) is 0.279. The molecule has 112 valence electrons. The third kappa shape index (κ3) is 3.38. The van der Waals surface area contributed by atoms with Crippen molar-refractivity contribution >= 4 is 27.1 Å². The van der Waals surface area contributed by atoms with Gasteiger partial charge in [0.25, 0.3) is 5.91 Å². The fraction of sp³-hybridized carbons (Fsp3) is 0.583. The van der Waals surface area contributed by atoms with Crippen molar-refractivity contribution in [2.24, 2.45) is 5.84 Å². The smallest absolute Gasteiger partial charge is 0.275 e. The molecule has 0 spiro atoms. The number of nitrogens with two attached hydrogens (primary N) is 1. The van der Waals surface area contributed by atoms with Crippen LogP contribution in [0.1, 0.15) is 27.0 Å². The first kappa shape index (κ1) is 15.4. The lowest BCUT2D eigenvalue weighted by Crippen LogP contribution is -2.46. The van der Waals surface area contributed by atoms with Crippen LogP contribution in [0.4, 0.5) is 0 Å². The van der Waals surface area contributed by atoms with Crippen molar-refractivity contribution in [3.05, 3.63) is 21.4 Å². The Morgan fingerprint density at radius 3 is 2.90 bits per heavy atom.